The van der Waals surface area contributed by atoms with E-state index in [9.17, 15) is 4.79 Å². The number of hydrogen-bond acceptors (Lipinski definition) is 4. The van der Waals surface area contributed by atoms with E-state index in [0.717, 1.165) is 31.9 Å². The molecule has 1 spiro atoms. The van der Waals surface area contributed by atoms with Crippen LogP contribution in [0.2, 0.25) is 0 Å². The number of hydrogen-bond donors (Lipinski definition) is 1. The summed E-state index contributed by atoms with van der Waals surface area (Å²) in [5.41, 5.74) is 7.51. The zero-order valence-electron chi connectivity index (χ0n) is 17.6. The van der Waals surface area contributed by atoms with Gasteiger partial charge in [0.2, 0.25) is 5.91 Å². The standard InChI is InChI=1S/C24H34N2O3/c1-28-24(18-5-2-4-17(12-18)22(25)27)19-6-3-7-20(24)14-26(13-19)21-8-10-23(11-9-21)15-29-16-23/h2,4-5,12,19-21H,3,6-11,13-16H2,1H3,(H2,25,27). The molecule has 1 amide bonds. The average Bonchev–Trinajstić information content (AvgIpc) is 2.71. The first-order valence-corrected chi connectivity index (χ1v) is 11.3. The molecule has 0 aromatic heterocycles. The van der Waals surface area contributed by atoms with E-state index in [2.05, 4.69) is 11.0 Å². The molecule has 2 bridgehead atoms. The van der Waals surface area contributed by atoms with Crippen molar-refractivity contribution in [3.63, 3.8) is 0 Å². The third-order valence-electron chi connectivity index (χ3n) is 8.51. The molecule has 158 valence electrons. The first-order chi connectivity index (χ1) is 14.1. The van der Waals surface area contributed by atoms with Gasteiger partial charge in [-0.1, -0.05) is 18.6 Å². The van der Waals surface area contributed by atoms with Gasteiger partial charge >= 0.3 is 0 Å². The number of nitrogens with two attached hydrogens (primary N) is 1. The maximum absolute atomic E-state index is 11.8. The van der Waals surface area contributed by atoms with Crippen LogP contribution in [0.4, 0.5) is 0 Å². The first kappa shape index (κ1) is 19.5. The minimum Gasteiger partial charge on any atom is -0.380 e. The smallest absolute Gasteiger partial charge is 0.248 e. The fraction of sp³-hybridized carbons (Fsp3) is 0.708. The van der Waals surface area contributed by atoms with E-state index in [0.29, 0.717) is 28.9 Å². The van der Waals surface area contributed by atoms with Gasteiger partial charge in [-0.05, 0) is 56.2 Å². The lowest BCUT2D eigenvalue weighted by molar-refractivity contribution is -0.182. The van der Waals surface area contributed by atoms with Crippen LogP contribution in [0.5, 0.6) is 0 Å². The number of amides is 1. The van der Waals surface area contributed by atoms with Crippen LogP contribution in [0, 0.1) is 17.3 Å². The molecule has 2 aliphatic heterocycles. The summed E-state index contributed by atoms with van der Waals surface area (Å²) in [7, 11) is 1.86. The second-order valence-corrected chi connectivity index (χ2v) is 9.94. The van der Waals surface area contributed by atoms with Crippen LogP contribution in [-0.4, -0.2) is 50.3 Å². The van der Waals surface area contributed by atoms with Gasteiger partial charge in [0.15, 0.2) is 0 Å². The van der Waals surface area contributed by atoms with Gasteiger partial charge in [-0.2, -0.15) is 0 Å². The molecule has 29 heavy (non-hydrogen) atoms. The minimum absolute atomic E-state index is 0.294. The monoisotopic (exact) mass is 398 g/mol. The van der Waals surface area contributed by atoms with E-state index in [4.69, 9.17) is 15.2 Å². The van der Waals surface area contributed by atoms with Crippen LogP contribution in [0.15, 0.2) is 24.3 Å². The molecule has 1 aromatic carbocycles. The van der Waals surface area contributed by atoms with Crippen molar-refractivity contribution >= 4 is 5.91 Å². The molecule has 5 nitrogen and oxygen atoms in total. The number of rotatable bonds is 4. The van der Waals surface area contributed by atoms with Gasteiger partial charge in [0.1, 0.15) is 5.60 Å². The lowest BCUT2D eigenvalue weighted by atomic mass is 9.61. The Morgan fingerprint density at radius 2 is 1.83 bits per heavy atom. The number of ether oxygens (including phenoxy) is 2. The lowest BCUT2D eigenvalue weighted by Gasteiger charge is -2.58. The summed E-state index contributed by atoms with van der Waals surface area (Å²) in [6.07, 6.45) is 8.90. The van der Waals surface area contributed by atoms with Crippen molar-refractivity contribution < 1.29 is 14.3 Å². The highest BCUT2D eigenvalue weighted by Crippen LogP contribution is 2.53. The zero-order chi connectivity index (χ0) is 20.1. The molecule has 2 saturated heterocycles. The molecule has 2 N–H and O–H groups in total. The molecular weight excluding hydrogens is 364 g/mol. The highest BCUT2D eigenvalue weighted by molar-refractivity contribution is 5.92. The molecule has 2 heterocycles. The molecule has 4 aliphatic rings. The van der Waals surface area contributed by atoms with E-state index in [1.165, 1.54) is 44.9 Å². The molecule has 2 saturated carbocycles. The second-order valence-electron chi connectivity index (χ2n) is 9.94. The summed E-state index contributed by atoms with van der Waals surface area (Å²) in [5.74, 6) is 0.564. The average molecular weight is 399 g/mol. The maximum Gasteiger partial charge on any atom is 0.248 e. The number of nitrogens with zero attached hydrogens (tertiary/aromatic N) is 1. The fourth-order valence-electron chi connectivity index (χ4n) is 6.86. The molecule has 1 aromatic rings. The summed E-state index contributed by atoms with van der Waals surface area (Å²) in [6.45, 7) is 4.15. The highest BCUT2D eigenvalue weighted by Gasteiger charge is 2.54. The quantitative estimate of drug-likeness (QED) is 0.845. The summed E-state index contributed by atoms with van der Waals surface area (Å²) < 4.78 is 11.9. The number of methoxy groups -OCH3 is 1. The van der Waals surface area contributed by atoms with Gasteiger partial charge < -0.3 is 15.2 Å². The predicted octanol–water partition coefficient (Wildman–Crippen LogP) is 3.32. The fourth-order valence-corrected chi connectivity index (χ4v) is 6.86. The van der Waals surface area contributed by atoms with Crippen LogP contribution in [0.1, 0.15) is 60.9 Å². The van der Waals surface area contributed by atoms with Gasteiger partial charge in [0, 0.05) is 49.1 Å². The Labute approximate surface area is 173 Å². The van der Waals surface area contributed by atoms with Crippen molar-refractivity contribution in [3.05, 3.63) is 35.4 Å². The van der Waals surface area contributed by atoms with Crippen molar-refractivity contribution in [2.75, 3.05) is 33.4 Å². The van der Waals surface area contributed by atoms with E-state index in [1.807, 2.05) is 25.3 Å². The van der Waals surface area contributed by atoms with Crippen LogP contribution in [0.3, 0.4) is 0 Å². The van der Waals surface area contributed by atoms with Crippen LogP contribution < -0.4 is 5.73 Å². The number of benzene rings is 1. The van der Waals surface area contributed by atoms with E-state index >= 15 is 0 Å². The summed E-state index contributed by atoms with van der Waals surface area (Å²) in [4.78, 5) is 14.6. The van der Waals surface area contributed by atoms with Crippen molar-refractivity contribution in [2.45, 2.75) is 56.6 Å². The van der Waals surface area contributed by atoms with Crippen LogP contribution in [0.25, 0.3) is 0 Å². The minimum atomic E-state index is -0.364. The molecule has 0 radical (unpaired) electrons. The number of piperidine rings is 1. The second kappa shape index (κ2) is 7.36. The molecular formula is C24H34N2O3. The van der Waals surface area contributed by atoms with Gasteiger partial charge in [0.05, 0.1) is 13.2 Å². The zero-order valence-corrected chi connectivity index (χ0v) is 17.6. The Morgan fingerprint density at radius 3 is 2.38 bits per heavy atom. The number of likely N-dealkylation sites (tertiary alicyclic amines) is 1. The van der Waals surface area contributed by atoms with Gasteiger partial charge in [-0.15, -0.1) is 0 Å². The molecule has 2 aliphatic carbocycles. The predicted molar refractivity (Wildman–Crippen MR) is 112 cm³/mol. The molecule has 2 unspecified atom stereocenters. The Bertz CT molecular complexity index is 751. The van der Waals surface area contributed by atoms with Crippen molar-refractivity contribution in [1.82, 2.24) is 4.90 Å². The first-order valence-electron chi connectivity index (χ1n) is 11.3. The molecule has 5 heteroatoms. The van der Waals surface area contributed by atoms with E-state index in [-0.39, 0.29) is 11.5 Å². The van der Waals surface area contributed by atoms with Crippen molar-refractivity contribution in [3.8, 4) is 0 Å². The van der Waals surface area contributed by atoms with E-state index in [1.54, 1.807) is 0 Å². The summed E-state index contributed by atoms with van der Waals surface area (Å²) >= 11 is 0. The molecule has 4 fully saturated rings. The SMILES string of the molecule is COC1(c2cccc(C(N)=O)c2)C2CCCC1CN(C1CCC3(CC1)COC3)C2. The Kier molecular flexibility index (Phi) is 4.96. The third kappa shape index (κ3) is 3.13. The van der Waals surface area contributed by atoms with Gasteiger partial charge in [0.25, 0.3) is 0 Å². The highest BCUT2D eigenvalue weighted by atomic mass is 16.5. The molecule has 2 atom stereocenters. The third-order valence-corrected chi connectivity index (χ3v) is 8.51. The van der Waals surface area contributed by atoms with Crippen LogP contribution >= 0.6 is 0 Å². The number of carbonyl (C=O) groups excluding carboxylic acids is 1. The van der Waals surface area contributed by atoms with E-state index < -0.39 is 0 Å². The van der Waals surface area contributed by atoms with Gasteiger partial charge in [-0.3, -0.25) is 9.69 Å². The van der Waals surface area contributed by atoms with Gasteiger partial charge in [-0.25, -0.2) is 0 Å². The topological polar surface area (TPSA) is 64.8 Å². The number of carbonyl (C=O) groups is 1. The Balaban J connectivity index is 1.38. The Hall–Kier alpha value is -1.43. The summed E-state index contributed by atoms with van der Waals surface area (Å²) in [5, 5.41) is 0. The van der Waals surface area contributed by atoms with Crippen molar-refractivity contribution in [1.29, 1.82) is 0 Å². The number of fused-ring (bicyclic) bond motifs is 2. The Morgan fingerprint density at radius 1 is 1.14 bits per heavy atom. The molecule has 5 rings (SSSR count). The normalized spacial score (nSPS) is 34.7. The van der Waals surface area contributed by atoms with Crippen molar-refractivity contribution in [2.24, 2.45) is 23.0 Å². The largest absolute Gasteiger partial charge is 0.380 e. The van der Waals surface area contributed by atoms with Crippen LogP contribution in [-0.2, 0) is 15.1 Å². The maximum atomic E-state index is 11.8. The number of primary amides is 1. The summed E-state index contributed by atoms with van der Waals surface area (Å²) in [6, 6.07) is 8.59. The lowest BCUT2D eigenvalue weighted by Crippen LogP contribution is -2.61.